The van der Waals surface area contributed by atoms with Crippen LogP contribution < -0.4 is 0 Å². The summed E-state index contributed by atoms with van der Waals surface area (Å²) in [5.74, 6) is 4.66. The summed E-state index contributed by atoms with van der Waals surface area (Å²) in [7, 11) is 3.72. The third kappa shape index (κ3) is 2.23. The van der Waals surface area contributed by atoms with Crippen molar-refractivity contribution in [2.75, 3.05) is 25.6 Å². The lowest BCUT2D eigenvalue weighted by atomic mass is 10.2. The Balaban J connectivity index is 2.57. The molecule has 0 bridgehead atoms. The number of rotatable bonds is 1. The Morgan fingerprint density at radius 3 is 2.33 bits per heavy atom. The molecule has 1 aliphatic heterocycles. The van der Waals surface area contributed by atoms with Gasteiger partial charge in [-0.05, 0) is 14.1 Å². The van der Waals surface area contributed by atoms with E-state index in [0.29, 0.717) is 5.92 Å². The average molecular weight is 221 g/mol. The molecule has 1 saturated heterocycles. The lowest BCUT2D eigenvalue weighted by Crippen LogP contribution is -2.13. The molecule has 5 heteroatoms. The van der Waals surface area contributed by atoms with Crippen LogP contribution in [0.5, 0.6) is 0 Å². The summed E-state index contributed by atoms with van der Waals surface area (Å²) in [6, 6.07) is 0. The fraction of sp³-hybridized carbons (Fsp3) is 0.714. The summed E-state index contributed by atoms with van der Waals surface area (Å²) >= 11 is 3.02. The molecule has 0 saturated carbocycles. The van der Waals surface area contributed by atoms with Crippen LogP contribution in [0.25, 0.3) is 0 Å². The molecule has 0 aliphatic carbocycles. The molecule has 0 unspecified atom stereocenters. The SMILES string of the molecule is C#CC1CSP(=O)(N(C)C)SC1. The summed E-state index contributed by atoms with van der Waals surface area (Å²) in [5.41, 5.74) is -2.16. The van der Waals surface area contributed by atoms with Gasteiger partial charge in [-0.2, -0.15) is 0 Å². The zero-order valence-electron chi connectivity index (χ0n) is 7.19. The van der Waals surface area contributed by atoms with Crippen molar-refractivity contribution in [2.24, 2.45) is 5.92 Å². The number of terminal acetylenes is 1. The van der Waals surface area contributed by atoms with E-state index >= 15 is 0 Å². The van der Waals surface area contributed by atoms with Crippen LogP contribution in [0.2, 0.25) is 0 Å². The highest BCUT2D eigenvalue weighted by atomic mass is 33.1. The quantitative estimate of drug-likeness (QED) is 0.500. The third-order valence-electron chi connectivity index (χ3n) is 1.60. The standard InChI is InChI=1S/C7H12NOPS2/c1-4-7-5-11-10(9,8(2)3)12-6-7/h1,7H,5-6H2,2-3H3. The van der Waals surface area contributed by atoms with E-state index in [0.717, 1.165) is 11.5 Å². The molecular formula is C7H12NOPS2. The van der Waals surface area contributed by atoms with Gasteiger partial charge in [0.1, 0.15) is 0 Å². The Morgan fingerprint density at radius 1 is 1.50 bits per heavy atom. The van der Waals surface area contributed by atoms with Gasteiger partial charge in [0.25, 0.3) is 5.70 Å². The monoisotopic (exact) mass is 221 g/mol. The van der Waals surface area contributed by atoms with Crippen molar-refractivity contribution in [1.29, 1.82) is 0 Å². The smallest absolute Gasteiger partial charge is 0.256 e. The maximum Gasteiger partial charge on any atom is 0.256 e. The van der Waals surface area contributed by atoms with Crippen LogP contribution in [0.3, 0.4) is 0 Å². The maximum absolute atomic E-state index is 12.0. The minimum Gasteiger partial charge on any atom is -0.283 e. The number of hydrogen-bond donors (Lipinski definition) is 0. The maximum atomic E-state index is 12.0. The Morgan fingerprint density at radius 2 is 2.00 bits per heavy atom. The van der Waals surface area contributed by atoms with Crippen molar-refractivity contribution in [3.63, 3.8) is 0 Å². The minimum absolute atomic E-state index is 0.294. The molecule has 0 radical (unpaired) electrons. The molecule has 0 amide bonds. The van der Waals surface area contributed by atoms with Crippen LogP contribution >= 0.6 is 28.5 Å². The molecule has 1 aliphatic rings. The molecule has 0 spiro atoms. The second-order valence-corrected chi connectivity index (χ2v) is 10.9. The zero-order valence-corrected chi connectivity index (χ0v) is 9.72. The van der Waals surface area contributed by atoms with Crippen molar-refractivity contribution >= 4 is 28.5 Å². The van der Waals surface area contributed by atoms with Crippen LogP contribution in [0, 0.1) is 18.3 Å². The van der Waals surface area contributed by atoms with Gasteiger partial charge in [0.05, 0.1) is 0 Å². The van der Waals surface area contributed by atoms with Gasteiger partial charge in [-0.15, -0.1) is 12.3 Å². The summed E-state index contributed by atoms with van der Waals surface area (Å²) in [4.78, 5) is 0. The van der Waals surface area contributed by atoms with Gasteiger partial charge in [-0.3, -0.25) is 4.57 Å². The van der Waals surface area contributed by atoms with Crippen LogP contribution in [-0.2, 0) is 4.57 Å². The Labute approximate surface area is 81.8 Å². The van der Waals surface area contributed by atoms with E-state index in [9.17, 15) is 4.57 Å². The Kier molecular flexibility index (Phi) is 3.60. The minimum atomic E-state index is -2.16. The first-order valence-corrected chi connectivity index (χ1v) is 8.45. The Hall–Kier alpha value is 0.450. The second kappa shape index (κ2) is 4.11. The highest BCUT2D eigenvalue weighted by molar-refractivity contribution is 8.90. The molecule has 1 fully saturated rings. The van der Waals surface area contributed by atoms with Crippen molar-refractivity contribution in [3.8, 4) is 12.3 Å². The molecule has 0 aromatic heterocycles. The lowest BCUT2D eigenvalue weighted by Gasteiger charge is -2.29. The van der Waals surface area contributed by atoms with Gasteiger partial charge in [0.15, 0.2) is 0 Å². The van der Waals surface area contributed by atoms with Gasteiger partial charge in [-0.25, -0.2) is 4.67 Å². The molecule has 12 heavy (non-hydrogen) atoms. The molecule has 0 aromatic rings. The molecule has 2 nitrogen and oxygen atoms in total. The predicted molar refractivity (Wildman–Crippen MR) is 58.5 cm³/mol. The molecule has 0 atom stereocenters. The predicted octanol–water partition coefficient (Wildman–Crippen LogP) is 2.39. The zero-order chi connectivity index (χ0) is 9.19. The van der Waals surface area contributed by atoms with E-state index in [2.05, 4.69) is 5.92 Å². The summed E-state index contributed by atoms with van der Waals surface area (Å²) in [5, 5.41) is 0. The highest BCUT2D eigenvalue weighted by Gasteiger charge is 2.32. The molecule has 68 valence electrons. The van der Waals surface area contributed by atoms with Gasteiger partial charge < -0.3 is 0 Å². The van der Waals surface area contributed by atoms with E-state index in [4.69, 9.17) is 6.42 Å². The first kappa shape index (κ1) is 10.5. The number of nitrogens with zero attached hydrogens (tertiary/aromatic N) is 1. The second-order valence-electron chi connectivity index (χ2n) is 2.77. The summed E-state index contributed by atoms with van der Waals surface area (Å²) < 4.78 is 13.8. The third-order valence-corrected chi connectivity index (χ3v) is 11.0. The van der Waals surface area contributed by atoms with E-state index in [-0.39, 0.29) is 0 Å². The summed E-state index contributed by atoms with van der Waals surface area (Å²) in [6.07, 6.45) is 5.29. The molecular weight excluding hydrogens is 209 g/mol. The first-order chi connectivity index (χ1) is 5.58. The molecule has 1 rings (SSSR count). The fourth-order valence-electron chi connectivity index (χ4n) is 0.781. The van der Waals surface area contributed by atoms with E-state index in [1.807, 2.05) is 18.8 Å². The van der Waals surface area contributed by atoms with Gasteiger partial charge >= 0.3 is 0 Å². The van der Waals surface area contributed by atoms with Crippen molar-refractivity contribution in [2.45, 2.75) is 0 Å². The van der Waals surface area contributed by atoms with E-state index in [1.165, 1.54) is 22.8 Å². The van der Waals surface area contributed by atoms with Crippen LogP contribution in [-0.4, -0.2) is 30.3 Å². The van der Waals surface area contributed by atoms with E-state index < -0.39 is 5.70 Å². The molecule has 0 N–H and O–H groups in total. The van der Waals surface area contributed by atoms with Crippen molar-refractivity contribution in [1.82, 2.24) is 4.67 Å². The van der Waals surface area contributed by atoms with Crippen LogP contribution in [0.1, 0.15) is 0 Å². The largest absolute Gasteiger partial charge is 0.283 e. The van der Waals surface area contributed by atoms with Gasteiger partial charge in [0, 0.05) is 17.4 Å². The van der Waals surface area contributed by atoms with Gasteiger partial charge in [0.2, 0.25) is 0 Å². The van der Waals surface area contributed by atoms with Crippen LogP contribution in [0.15, 0.2) is 0 Å². The molecule has 1 heterocycles. The normalized spacial score (nSPS) is 36.3. The summed E-state index contributed by atoms with van der Waals surface area (Å²) in [6.45, 7) is 0. The van der Waals surface area contributed by atoms with Crippen molar-refractivity contribution in [3.05, 3.63) is 0 Å². The van der Waals surface area contributed by atoms with Gasteiger partial charge in [-0.1, -0.05) is 22.8 Å². The fourth-order valence-corrected chi connectivity index (χ4v) is 8.22. The van der Waals surface area contributed by atoms with Crippen molar-refractivity contribution < 1.29 is 4.57 Å². The number of hydrogen-bond acceptors (Lipinski definition) is 3. The lowest BCUT2D eigenvalue weighted by molar-refractivity contribution is 0.543. The highest BCUT2D eigenvalue weighted by Crippen LogP contribution is 2.73. The Bertz CT molecular complexity index is 236. The topological polar surface area (TPSA) is 20.3 Å². The van der Waals surface area contributed by atoms with E-state index in [1.54, 1.807) is 0 Å². The van der Waals surface area contributed by atoms with Crippen LogP contribution in [0.4, 0.5) is 0 Å². The first-order valence-electron chi connectivity index (χ1n) is 3.61. The average Bonchev–Trinajstić information content (AvgIpc) is 2.06. The molecule has 0 aromatic carbocycles.